The summed E-state index contributed by atoms with van der Waals surface area (Å²) in [6.45, 7) is 1.80. The average Bonchev–Trinajstić information content (AvgIpc) is 2.76. The van der Waals surface area contributed by atoms with Crippen LogP contribution >= 0.6 is 11.3 Å². The lowest BCUT2D eigenvalue weighted by molar-refractivity contribution is 0.0602. The first kappa shape index (κ1) is 17.3. The van der Waals surface area contributed by atoms with Gasteiger partial charge in [-0.15, -0.1) is 11.3 Å². The number of hydrogen-bond acceptors (Lipinski definition) is 6. The number of ether oxygens (including phenoxy) is 1. The molecular weight excluding hydrogens is 322 g/mol. The minimum Gasteiger partial charge on any atom is -0.465 e. The van der Waals surface area contributed by atoms with Gasteiger partial charge in [0.1, 0.15) is 9.77 Å². The second kappa shape index (κ2) is 7.30. The van der Waals surface area contributed by atoms with Crippen LogP contribution in [0.5, 0.6) is 0 Å². The zero-order chi connectivity index (χ0) is 15.3. The minimum absolute atomic E-state index is 0.0352. The lowest BCUT2D eigenvalue weighted by Gasteiger charge is -2.08. The highest BCUT2D eigenvalue weighted by atomic mass is 32.2. The molecule has 0 saturated heterocycles. The average molecular weight is 339 g/mol. The maximum atomic E-state index is 12.2. The number of thiophene rings is 1. The van der Waals surface area contributed by atoms with Gasteiger partial charge in [0.2, 0.25) is 10.0 Å². The van der Waals surface area contributed by atoms with Crippen LogP contribution in [0, 0.1) is 6.92 Å². The van der Waals surface area contributed by atoms with Crippen LogP contribution in [0.3, 0.4) is 0 Å². The van der Waals surface area contributed by atoms with E-state index in [2.05, 4.69) is 9.46 Å². The van der Waals surface area contributed by atoms with Crippen LogP contribution in [-0.4, -0.2) is 44.3 Å². The fourth-order valence-corrected chi connectivity index (χ4v) is 4.88. The van der Waals surface area contributed by atoms with E-state index in [0.717, 1.165) is 11.3 Å². The van der Waals surface area contributed by atoms with Crippen LogP contribution in [0.2, 0.25) is 0 Å². The number of carbonyl (C=O) groups excluding carboxylic acids is 1. The number of methoxy groups -OCH3 is 1. The quantitative estimate of drug-likeness (QED) is 0.588. The van der Waals surface area contributed by atoms with Crippen LogP contribution in [0.15, 0.2) is 10.3 Å². The lowest BCUT2D eigenvalue weighted by atomic mass is 10.3. The van der Waals surface area contributed by atoms with Crippen molar-refractivity contribution in [2.24, 2.45) is 0 Å². The number of aryl methyl sites for hydroxylation is 1. The summed E-state index contributed by atoms with van der Waals surface area (Å²) < 4.78 is 42.3. The van der Waals surface area contributed by atoms with Gasteiger partial charge in [-0.2, -0.15) is 0 Å². The van der Waals surface area contributed by atoms with Crippen molar-refractivity contribution < 1.29 is 22.2 Å². The fraction of sp³-hybridized carbons (Fsp3) is 0.545. The molecule has 1 heterocycles. The Hall–Kier alpha value is -0.770. The van der Waals surface area contributed by atoms with Crippen LogP contribution in [0.25, 0.3) is 0 Å². The SMILES string of the molecule is COC(=O)c1scc(C)c1S(=O)(=O)NCCCS(C)=O. The first-order valence-corrected chi connectivity index (χ1v) is 9.84. The number of sulfonamides is 1. The zero-order valence-electron chi connectivity index (χ0n) is 11.5. The highest BCUT2D eigenvalue weighted by Gasteiger charge is 2.27. The van der Waals surface area contributed by atoms with Crippen LogP contribution in [0.4, 0.5) is 0 Å². The Bertz CT molecular complexity index is 606. The normalized spacial score (nSPS) is 13.2. The first-order valence-electron chi connectivity index (χ1n) is 5.75. The summed E-state index contributed by atoms with van der Waals surface area (Å²) in [5.74, 6) is -0.243. The number of hydrogen-bond donors (Lipinski definition) is 1. The molecule has 1 atom stereocenters. The van der Waals surface area contributed by atoms with E-state index in [9.17, 15) is 17.4 Å². The molecule has 9 heteroatoms. The maximum absolute atomic E-state index is 12.2. The molecule has 0 bridgehead atoms. The molecule has 20 heavy (non-hydrogen) atoms. The van der Waals surface area contributed by atoms with E-state index >= 15 is 0 Å². The molecule has 0 aromatic carbocycles. The van der Waals surface area contributed by atoms with E-state index in [1.165, 1.54) is 7.11 Å². The predicted molar refractivity (Wildman–Crippen MR) is 79.1 cm³/mol. The number of carbonyl (C=O) groups is 1. The number of esters is 1. The van der Waals surface area contributed by atoms with Gasteiger partial charge >= 0.3 is 5.97 Å². The van der Waals surface area contributed by atoms with Gasteiger partial charge in [0.25, 0.3) is 0 Å². The molecule has 1 N–H and O–H groups in total. The summed E-state index contributed by atoms with van der Waals surface area (Å²) >= 11 is 1.04. The molecule has 1 aromatic rings. The third-order valence-electron chi connectivity index (χ3n) is 2.46. The van der Waals surface area contributed by atoms with Crippen molar-refractivity contribution in [3.63, 3.8) is 0 Å². The standard InChI is InChI=1S/C11H17NO5S3/c1-8-7-18-9(11(13)17-2)10(8)20(15,16)12-5-4-6-19(3)14/h7,12H,4-6H2,1-3H3. The molecule has 6 nitrogen and oxygen atoms in total. The highest BCUT2D eigenvalue weighted by molar-refractivity contribution is 7.89. The summed E-state index contributed by atoms with van der Waals surface area (Å²) in [6.07, 6.45) is 2.03. The summed E-state index contributed by atoms with van der Waals surface area (Å²) in [6, 6.07) is 0. The van der Waals surface area contributed by atoms with Crippen LogP contribution in [0.1, 0.15) is 21.7 Å². The zero-order valence-corrected chi connectivity index (χ0v) is 13.9. The van der Waals surface area contributed by atoms with Crippen molar-refractivity contribution >= 4 is 38.1 Å². The van der Waals surface area contributed by atoms with Crippen molar-refractivity contribution in [3.8, 4) is 0 Å². The van der Waals surface area contributed by atoms with Crippen LogP contribution < -0.4 is 4.72 Å². The van der Waals surface area contributed by atoms with Gasteiger partial charge in [0.15, 0.2) is 0 Å². The molecule has 114 valence electrons. The van der Waals surface area contributed by atoms with Crippen molar-refractivity contribution in [1.82, 2.24) is 4.72 Å². The Labute approximate surface area is 125 Å². The van der Waals surface area contributed by atoms with E-state index in [-0.39, 0.29) is 16.3 Å². The third kappa shape index (κ3) is 4.37. The van der Waals surface area contributed by atoms with Gasteiger partial charge in [-0.25, -0.2) is 17.9 Å². The Kier molecular flexibility index (Phi) is 6.31. The van der Waals surface area contributed by atoms with Gasteiger partial charge in [-0.3, -0.25) is 4.21 Å². The topological polar surface area (TPSA) is 89.5 Å². The predicted octanol–water partition coefficient (Wildman–Crippen LogP) is 0.890. The molecule has 0 spiro atoms. The Morgan fingerprint density at radius 3 is 2.70 bits per heavy atom. The minimum atomic E-state index is -3.77. The lowest BCUT2D eigenvalue weighted by Crippen LogP contribution is -2.27. The Morgan fingerprint density at radius 2 is 2.15 bits per heavy atom. The van der Waals surface area contributed by atoms with E-state index in [1.807, 2.05) is 0 Å². The fourth-order valence-electron chi connectivity index (χ4n) is 1.56. The molecule has 1 unspecified atom stereocenters. The molecule has 0 saturated carbocycles. The van der Waals surface area contributed by atoms with E-state index in [0.29, 0.717) is 17.7 Å². The van der Waals surface area contributed by atoms with Gasteiger partial charge in [-0.05, 0) is 24.3 Å². The van der Waals surface area contributed by atoms with Crippen molar-refractivity contribution in [2.75, 3.05) is 25.7 Å². The second-order valence-electron chi connectivity index (χ2n) is 4.10. The van der Waals surface area contributed by atoms with Crippen LogP contribution in [-0.2, 0) is 25.6 Å². The largest absolute Gasteiger partial charge is 0.465 e. The van der Waals surface area contributed by atoms with Gasteiger partial charge in [0.05, 0.1) is 7.11 Å². The molecule has 0 aliphatic heterocycles. The molecular formula is C11H17NO5S3. The van der Waals surface area contributed by atoms with Crippen molar-refractivity contribution in [1.29, 1.82) is 0 Å². The smallest absolute Gasteiger partial charge is 0.349 e. The van der Waals surface area contributed by atoms with E-state index in [4.69, 9.17) is 0 Å². The Morgan fingerprint density at radius 1 is 1.50 bits per heavy atom. The van der Waals surface area contributed by atoms with E-state index in [1.54, 1.807) is 18.6 Å². The number of nitrogens with one attached hydrogen (secondary N) is 1. The second-order valence-corrected chi connectivity index (χ2v) is 8.24. The molecule has 0 aliphatic rings. The maximum Gasteiger partial charge on any atom is 0.349 e. The summed E-state index contributed by atoms with van der Waals surface area (Å²) in [5, 5.41) is 1.60. The summed E-state index contributed by atoms with van der Waals surface area (Å²) in [5.41, 5.74) is 0.502. The summed E-state index contributed by atoms with van der Waals surface area (Å²) in [7, 11) is -3.52. The van der Waals surface area contributed by atoms with E-state index < -0.39 is 26.8 Å². The monoisotopic (exact) mass is 339 g/mol. The number of rotatable bonds is 7. The molecule has 0 radical (unpaired) electrons. The molecule has 0 amide bonds. The molecule has 1 aromatic heterocycles. The van der Waals surface area contributed by atoms with Crippen molar-refractivity contribution in [3.05, 3.63) is 15.8 Å². The highest BCUT2D eigenvalue weighted by Crippen LogP contribution is 2.27. The first-order chi connectivity index (χ1) is 9.29. The summed E-state index contributed by atoms with van der Waals surface area (Å²) in [4.78, 5) is 11.6. The molecule has 0 aliphatic carbocycles. The Balaban J connectivity index is 2.90. The molecule has 1 rings (SSSR count). The van der Waals surface area contributed by atoms with Crippen molar-refractivity contribution in [2.45, 2.75) is 18.2 Å². The third-order valence-corrected chi connectivity index (χ3v) is 6.18. The van der Waals surface area contributed by atoms with Gasteiger partial charge in [-0.1, -0.05) is 0 Å². The molecule has 0 fully saturated rings. The van der Waals surface area contributed by atoms with Gasteiger partial charge < -0.3 is 4.74 Å². The van der Waals surface area contributed by atoms with Gasteiger partial charge in [0, 0.05) is 29.4 Å².